The minimum absolute atomic E-state index is 0.0612. The van der Waals surface area contributed by atoms with E-state index >= 15 is 0 Å². The summed E-state index contributed by atoms with van der Waals surface area (Å²) in [5, 5.41) is 2.88. The van der Waals surface area contributed by atoms with Gasteiger partial charge in [0.25, 0.3) is 0 Å². The van der Waals surface area contributed by atoms with E-state index in [0.29, 0.717) is 11.4 Å². The third kappa shape index (κ3) is 5.50. The minimum Gasteiger partial charge on any atom is -0.497 e. The topological polar surface area (TPSA) is 61.9 Å². The van der Waals surface area contributed by atoms with Crippen LogP contribution in [0.2, 0.25) is 0 Å². The number of piperidine rings is 1. The van der Waals surface area contributed by atoms with Crippen LogP contribution in [0.4, 0.5) is 17.1 Å². The molecular formula is C23H29N3O3. The van der Waals surface area contributed by atoms with Crippen molar-refractivity contribution >= 4 is 28.9 Å². The van der Waals surface area contributed by atoms with Gasteiger partial charge in [0.2, 0.25) is 11.8 Å². The molecule has 6 nitrogen and oxygen atoms in total. The highest BCUT2D eigenvalue weighted by molar-refractivity contribution is 6.01. The van der Waals surface area contributed by atoms with Crippen LogP contribution in [0, 0.1) is 5.92 Å². The number of carbonyl (C=O) groups is 2. The molecular weight excluding hydrogens is 366 g/mol. The summed E-state index contributed by atoms with van der Waals surface area (Å²) >= 11 is 0. The van der Waals surface area contributed by atoms with Crippen LogP contribution >= 0.6 is 0 Å². The van der Waals surface area contributed by atoms with Crippen LogP contribution in [0.3, 0.4) is 0 Å². The molecule has 1 heterocycles. The predicted molar refractivity (Wildman–Crippen MR) is 117 cm³/mol. The number of methoxy groups -OCH3 is 1. The van der Waals surface area contributed by atoms with Gasteiger partial charge in [0.05, 0.1) is 7.11 Å². The van der Waals surface area contributed by atoms with Crippen molar-refractivity contribution in [2.45, 2.75) is 26.7 Å². The van der Waals surface area contributed by atoms with Gasteiger partial charge in [-0.15, -0.1) is 0 Å². The van der Waals surface area contributed by atoms with Crippen LogP contribution in [0.1, 0.15) is 26.7 Å². The second kappa shape index (κ2) is 9.45. The zero-order chi connectivity index (χ0) is 20.8. The smallest absolute Gasteiger partial charge is 0.244 e. The molecule has 2 aromatic rings. The number of benzene rings is 2. The highest BCUT2D eigenvalue weighted by Crippen LogP contribution is 2.25. The van der Waals surface area contributed by atoms with Crippen molar-refractivity contribution in [3.05, 3.63) is 48.5 Å². The van der Waals surface area contributed by atoms with E-state index in [4.69, 9.17) is 4.74 Å². The Bertz CT molecular complexity index is 843. The van der Waals surface area contributed by atoms with Gasteiger partial charge in [0.1, 0.15) is 12.3 Å². The Labute approximate surface area is 172 Å². The third-order valence-corrected chi connectivity index (χ3v) is 5.35. The lowest BCUT2D eigenvalue weighted by molar-refractivity contribution is -0.120. The van der Waals surface area contributed by atoms with Crippen molar-refractivity contribution < 1.29 is 14.3 Å². The normalized spacial score (nSPS) is 14.4. The number of nitrogens with zero attached hydrogens (tertiary/aromatic N) is 2. The summed E-state index contributed by atoms with van der Waals surface area (Å²) in [5.41, 5.74) is 2.52. The molecule has 1 N–H and O–H groups in total. The van der Waals surface area contributed by atoms with Crippen molar-refractivity contribution in [3.63, 3.8) is 0 Å². The molecule has 0 spiro atoms. The van der Waals surface area contributed by atoms with E-state index in [2.05, 4.69) is 17.1 Å². The molecule has 29 heavy (non-hydrogen) atoms. The molecule has 2 amide bonds. The molecule has 1 aliphatic rings. The van der Waals surface area contributed by atoms with E-state index < -0.39 is 0 Å². The van der Waals surface area contributed by atoms with Crippen LogP contribution in [0.15, 0.2) is 48.5 Å². The monoisotopic (exact) mass is 395 g/mol. The molecule has 154 valence electrons. The number of anilines is 3. The molecule has 6 heteroatoms. The summed E-state index contributed by atoms with van der Waals surface area (Å²) in [6.07, 6.45) is 2.42. The third-order valence-electron chi connectivity index (χ3n) is 5.35. The van der Waals surface area contributed by atoms with Gasteiger partial charge in [0, 0.05) is 43.1 Å². The molecule has 3 rings (SSSR count). The van der Waals surface area contributed by atoms with Gasteiger partial charge in [-0.1, -0.05) is 13.0 Å². The van der Waals surface area contributed by atoms with Gasteiger partial charge in [-0.3, -0.25) is 9.59 Å². The Kier molecular flexibility index (Phi) is 6.75. The van der Waals surface area contributed by atoms with Crippen LogP contribution in [0.25, 0.3) is 0 Å². The SMILES string of the molecule is COc1cccc(N(CC(=O)Nc2ccc(N3CCC(C)CC3)cc2)C(C)=O)c1. The fraction of sp³-hybridized carbons (Fsp3) is 0.391. The average Bonchev–Trinajstić information content (AvgIpc) is 2.73. The first-order valence-electron chi connectivity index (χ1n) is 10.0. The Morgan fingerprint density at radius 1 is 1.14 bits per heavy atom. The Morgan fingerprint density at radius 2 is 1.83 bits per heavy atom. The first-order valence-corrected chi connectivity index (χ1v) is 10.0. The van der Waals surface area contributed by atoms with Gasteiger partial charge in [-0.05, 0) is 55.2 Å². The van der Waals surface area contributed by atoms with E-state index in [-0.39, 0.29) is 18.4 Å². The summed E-state index contributed by atoms with van der Waals surface area (Å²) in [7, 11) is 1.57. The van der Waals surface area contributed by atoms with Gasteiger partial charge >= 0.3 is 0 Å². The van der Waals surface area contributed by atoms with Crippen LogP contribution in [0.5, 0.6) is 5.75 Å². The fourth-order valence-electron chi connectivity index (χ4n) is 3.53. The summed E-state index contributed by atoms with van der Waals surface area (Å²) < 4.78 is 5.21. The van der Waals surface area contributed by atoms with E-state index in [0.717, 1.165) is 24.7 Å². The Hall–Kier alpha value is -3.02. The molecule has 1 aliphatic heterocycles. The maximum absolute atomic E-state index is 12.5. The van der Waals surface area contributed by atoms with E-state index in [1.807, 2.05) is 24.3 Å². The van der Waals surface area contributed by atoms with Crippen molar-refractivity contribution in [2.24, 2.45) is 5.92 Å². The average molecular weight is 396 g/mol. The number of carbonyl (C=O) groups excluding carboxylic acids is 2. The summed E-state index contributed by atoms with van der Waals surface area (Å²) in [6, 6.07) is 15.0. The maximum atomic E-state index is 12.5. The highest BCUT2D eigenvalue weighted by Gasteiger charge is 2.18. The predicted octanol–water partition coefficient (Wildman–Crippen LogP) is 3.92. The summed E-state index contributed by atoms with van der Waals surface area (Å²) in [6.45, 7) is 5.82. The molecule has 0 bridgehead atoms. The number of hydrogen-bond acceptors (Lipinski definition) is 4. The van der Waals surface area contributed by atoms with Crippen molar-refractivity contribution in [1.82, 2.24) is 0 Å². The molecule has 0 aromatic heterocycles. The second-order valence-corrected chi connectivity index (χ2v) is 7.57. The van der Waals surface area contributed by atoms with Crippen LogP contribution in [-0.4, -0.2) is 38.6 Å². The van der Waals surface area contributed by atoms with Crippen molar-refractivity contribution in [2.75, 3.05) is 41.9 Å². The lowest BCUT2D eigenvalue weighted by Crippen LogP contribution is -2.36. The number of ether oxygens (including phenoxy) is 1. The van der Waals surface area contributed by atoms with Gasteiger partial charge in [-0.25, -0.2) is 0 Å². The summed E-state index contributed by atoms with van der Waals surface area (Å²) in [5.74, 6) is 0.973. The number of nitrogens with one attached hydrogen (secondary N) is 1. The Morgan fingerprint density at radius 3 is 2.45 bits per heavy atom. The summed E-state index contributed by atoms with van der Waals surface area (Å²) in [4.78, 5) is 28.4. The molecule has 0 atom stereocenters. The minimum atomic E-state index is -0.248. The molecule has 1 saturated heterocycles. The lowest BCUT2D eigenvalue weighted by atomic mass is 9.99. The second-order valence-electron chi connectivity index (χ2n) is 7.57. The molecule has 0 saturated carbocycles. The molecule has 0 unspecified atom stereocenters. The number of hydrogen-bond donors (Lipinski definition) is 1. The molecule has 0 radical (unpaired) electrons. The van der Waals surface area contributed by atoms with Crippen molar-refractivity contribution in [1.29, 1.82) is 0 Å². The van der Waals surface area contributed by atoms with Crippen molar-refractivity contribution in [3.8, 4) is 5.75 Å². The standard InChI is InChI=1S/C23H29N3O3/c1-17-11-13-25(14-12-17)20-9-7-19(8-10-20)24-23(28)16-26(18(2)27)21-5-4-6-22(15-21)29-3/h4-10,15,17H,11-14,16H2,1-3H3,(H,24,28). The zero-order valence-corrected chi connectivity index (χ0v) is 17.4. The largest absolute Gasteiger partial charge is 0.497 e. The van der Waals surface area contributed by atoms with Gasteiger partial charge in [-0.2, -0.15) is 0 Å². The maximum Gasteiger partial charge on any atom is 0.244 e. The lowest BCUT2D eigenvalue weighted by Gasteiger charge is -2.32. The van der Waals surface area contributed by atoms with Crippen LogP contribution < -0.4 is 19.9 Å². The number of amides is 2. The highest BCUT2D eigenvalue weighted by atomic mass is 16.5. The van der Waals surface area contributed by atoms with Gasteiger partial charge < -0.3 is 19.9 Å². The fourth-order valence-corrected chi connectivity index (χ4v) is 3.53. The zero-order valence-electron chi connectivity index (χ0n) is 17.4. The number of rotatable bonds is 6. The molecule has 2 aromatic carbocycles. The van der Waals surface area contributed by atoms with E-state index in [1.54, 1.807) is 31.4 Å². The first kappa shape index (κ1) is 20.7. The molecule has 0 aliphatic carbocycles. The van der Waals surface area contributed by atoms with E-state index in [1.165, 1.54) is 30.4 Å². The van der Waals surface area contributed by atoms with E-state index in [9.17, 15) is 9.59 Å². The van der Waals surface area contributed by atoms with Crippen LogP contribution in [-0.2, 0) is 9.59 Å². The van der Waals surface area contributed by atoms with Gasteiger partial charge in [0.15, 0.2) is 0 Å². The molecule has 1 fully saturated rings. The quantitative estimate of drug-likeness (QED) is 0.805. The Balaban J connectivity index is 1.62. The first-order chi connectivity index (χ1) is 14.0.